The van der Waals surface area contributed by atoms with Gasteiger partial charge >= 0.3 is 11.9 Å². The van der Waals surface area contributed by atoms with Crippen molar-refractivity contribution < 1.29 is 19.1 Å². The molecule has 0 saturated carbocycles. The van der Waals surface area contributed by atoms with Crippen LogP contribution in [0.1, 0.15) is 24.5 Å². The monoisotopic (exact) mass is 368 g/mol. The molecule has 27 heavy (non-hydrogen) atoms. The van der Waals surface area contributed by atoms with E-state index in [0.717, 1.165) is 23.1 Å². The summed E-state index contributed by atoms with van der Waals surface area (Å²) in [7, 11) is 1.43. The number of rotatable bonds is 5. The smallest absolute Gasteiger partial charge is 0.313 e. The average Bonchev–Trinajstić information content (AvgIpc) is 3.05. The number of nitrogens with zero attached hydrogens (tertiary/aromatic N) is 1. The molecule has 1 unspecified atom stereocenters. The van der Waals surface area contributed by atoms with Crippen LogP contribution in [0.2, 0.25) is 0 Å². The highest BCUT2D eigenvalue weighted by molar-refractivity contribution is 5.99. The summed E-state index contributed by atoms with van der Waals surface area (Å²) in [6.45, 7) is 3.42. The Balaban J connectivity index is 1.71. The standard InChI is InChI=1S/C21H24N2O4/c1-3-27-19(24)7-8-23-12-14-10-17-16(9-13(11-22-17)21(25)26-2)15-5-4-6-18(23)20(14)15/h4-6,9,12-13,17,22H,3,7-8,10-11H2,1-2H3/t13?,17-/m1/s1. The van der Waals surface area contributed by atoms with Crippen LogP contribution < -0.4 is 5.32 Å². The Hall–Kier alpha value is -2.60. The third kappa shape index (κ3) is 3.14. The van der Waals surface area contributed by atoms with Gasteiger partial charge in [0.25, 0.3) is 0 Å². The number of hydrogen-bond donors (Lipinski definition) is 1. The van der Waals surface area contributed by atoms with Crippen molar-refractivity contribution in [2.45, 2.75) is 32.4 Å². The van der Waals surface area contributed by atoms with Crippen molar-refractivity contribution in [2.24, 2.45) is 5.92 Å². The summed E-state index contributed by atoms with van der Waals surface area (Å²) >= 11 is 0. The molecular formula is C21H24N2O4. The number of hydrogen-bond acceptors (Lipinski definition) is 5. The van der Waals surface area contributed by atoms with Crippen molar-refractivity contribution in [2.75, 3.05) is 20.3 Å². The number of carbonyl (C=O) groups excluding carboxylic acids is 2. The lowest BCUT2D eigenvalue weighted by molar-refractivity contribution is -0.144. The van der Waals surface area contributed by atoms with E-state index < -0.39 is 0 Å². The van der Waals surface area contributed by atoms with Crippen molar-refractivity contribution in [3.63, 3.8) is 0 Å². The molecule has 0 fully saturated rings. The fourth-order valence-electron chi connectivity index (χ4n) is 4.22. The molecule has 0 radical (unpaired) electrons. The maximum Gasteiger partial charge on any atom is 0.313 e. The predicted molar refractivity (Wildman–Crippen MR) is 102 cm³/mol. The van der Waals surface area contributed by atoms with E-state index in [1.807, 2.05) is 13.0 Å². The zero-order valence-electron chi connectivity index (χ0n) is 15.7. The van der Waals surface area contributed by atoms with E-state index in [2.05, 4.69) is 34.3 Å². The summed E-state index contributed by atoms with van der Waals surface area (Å²) in [5.41, 5.74) is 4.72. The third-order valence-corrected chi connectivity index (χ3v) is 5.43. The molecule has 0 bridgehead atoms. The largest absolute Gasteiger partial charge is 0.469 e. The molecule has 4 rings (SSSR count). The van der Waals surface area contributed by atoms with Gasteiger partial charge in [0.2, 0.25) is 0 Å². The van der Waals surface area contributed by atoms with Crippen LogP contribution in [0.25, 0.3) is 16.5 Å². The first-order valence-electron chi connectivity index (χ1n) is 9.42. The van der Waals surface area contributed by atoms with E-state index >= 15 is 0 Å². The molecule has 0 amide bonds. The minimum Gasteiger partial charge on any atom is -0.469 e. The average molecular weight is 368 g/mol. The number of nitrogens with one attached hydrogen (secondary N) is 1. The first-order chi connectivity index (χ1) is 13.1. The van der Waals surface area contributed by atoms with Crippen LogP contribution in [0.3, 0.4) is 0 Å². The second kappa shape index (κ2) is 7.19. The van der Waals surface area contributed by atoms with Crippen molar-refractivity contribution in [3.05, 3.63) is 41.6 Å². The lowest BCUT2D eigenvalue weighted by Gasteiger charge is -2.32. The molecule has 0 saturated heterocycles. The molecular weight excluding hydrogens is 344 g/mol. The quantitative estimate of drug-likeness (QED) is 0.820. The number of carbonyl (C=O) groups is 2. The first-order valence-corrected chi connectivity index (χ1v) is 9.42. The molecule has 6 heteroatoms. The Kier molecular flexibility index (Phi) is 4.74. The van der Waals surface area contributed by atoms with E-state index in [1.54, 1.807) is 0 Å². The van der Waals surface area contributed by atoms with E-state index in [0.29, 0.717) is 26.1 Å². The summed E-state index contributed by atoms with van der Waals surface area (Å²) in [4.78, 5) is 23.7. The zero-order chi connectivity index (χ0) is 19.0. The molecule has 2 atom stereocenters. The molecule has 0 spiro atoms. The predicted octanol–water partition coefficient (Wildman–Crippen LogP) is 2.29. The van der Waals surface area contributed by atoms with Gasteiger partial charge in [-0.05, 0) is 36.1 Å². The van der Waals surface area contributed by atoms with Crippen LogP contribution in [0.5, 0.6) is 0 Å². The van der Waals surface area contributed by atoms with Gasteiger partial charge in [0.1, 0.15) is 0 Å². The summed E-state index contributed by atoms with van der Waals surface area (Å²) < 4.78 is 12.1. The van der Waals surface area contributed by atoms with Crippen molar-refractivity contribution in [3.8, 4) is 0 Å². The third-order valence-electron chi connectivity index (χ3n) is 5.43. The van der Waals surface area contributed by atoms with Gasteiger partial charge in [-0.1, -0.05) is 18.2 Å². The van der Waals surface area contributed by atoms with E-state index in [9.17, 15) is 9.59 Å². The Morgan fingerprint density at radius 2 is 2.19 bits per heavy atom. The molecule has 1 aliphatic carbocycles. The van der Waals surface area contributed by atoms with Gasteiger partial charge in [-0.15, -0.1) is 0 Å². The van der Waals surface area contributed by atoms with Crippen LogP contribution in [0, 0.1) is 5.92 Å². The van der Waals surface area contributed by atoms with Crippen LogP contribution in [0.4, 0.5) is 0 Å². The number of ether oxygens (including phenoxy) is 2. The highest BCUT2D eigenvalue weighted by Gasteiger charge is 2.33. The van der Waals surface area contributed by atoms with Crippen molar-refractivity contribution >= 4 is 28.4 Å². The molecule has 1 N–H and O–H groups in total. The Morgan fingerprint density at radius 3 is 2.96 bits per heavy atom. The maximum atomic E-state index is 12.0. The summed E-state index contributed by atoms with van der Waals surface area (Å²) in [6, 6.07) is 6.43. The van der Waals surface area contributed by atoms with Gasteiger partial charge in [0, 0.05) is 36.2 Å². The van der Waals surface area contributed by atoms with Gasteiger partial charge in [-0.2, -0.15) is 0 Å². The Labute approximate surface area is 158 Å². The van der Waals surface area contributed by atoms with E-state index in [1.165, 1.54) is 18.1 Å². The number of esters is 2. The van der Waals surface area contributed by atoms with Gasteiger partial charge in [0.15, 0.2) is 0 Å². The van der Waals surface area contributed by atoms with Gasteiger partial charge in [-0.3, -0.25) is 9.59 Å². The maximum absolute atomic E-state index is 12.0. The van der Waals surface area contributed by atoms with Crippen molar-refractivity contribution in [1.29, 1.82) is 0 Å². The number of methoxy groups -OCH3 is 1. The number of fused-ring (bicyclic) bond motifs is 2. The minimum absolute atomic E-state index is 0.175. The summed E-state index contributed by atoms with van der Waals surface area (Å²) in [5, 5.41) is 4.71. The highest BCUT2D eigenvalue weighted by Crippen LogP contribution is 2.39. The SMILES string of the molecule is CCOC(=O)CCn1cc2c3c(cccc31)C1=CC(C(=O)OC)CN[C@@H]1C2. The zero-order valence-corrected chi connectivity index (χ0v) is 15.7. The molecule has 6 nitrogen and oxygen atoms in total. The van der Waals surface area contributed by atoms with Crippen LogP contribution in [-0.2, 0) is 32.0 Å². The fourth-order valence-corrected chi connectivity index (χ4v) is 4.22. The lowest BCUT2D eigenvalue weighted by Crippen LogP contribution is -2.43. The molecule has 142 valence electrons. The Bertz CT molecular complexity index is 928. The van der Waals surface area contributed by atoms with Gasteiger partial charge in [-0.25, -0.2) is 0 Å². The van der Waals surface area contributed by atoms with E-state index in [-0.39, 0.29) is 23.9 Å². The van der Waals surface area contributed by atoms with Crippen LogP contribution in [0.15, 0.2) is 30.5 Å². The number of benzene rings is 1. The minimum atomic E-state index is -0.260. The fraction of sp³-hybridized carbons (Fsp3) is 0.429. The normalized spacial score (nSPS) is 20.7. The molecule has 1 aliphatic heterocycles. The van der Waals surface area contributed by atoms with Crippen molar-refractivity contribution in [1.82, 2.24) is 9.88 Å². The Morgan fingerprint density at radius 1 is 1.33 bits per heavy atom. The topological polar surface area (TPSA) is 69.6 Å². The second-order valence-corrected chi connectivity index (χ2v) is 7.02. The van der Waals surface area contributed by atoms with Gasteiger partial charge < -0.3 is 19.4 Å². The first kappa shape index (κ1) is 17.8. The summed E-state index contributed by atoms with van der Waals surface area (Å²) in [6.07, 6.45) is 5.44. The van der Waals surface area contributed by atoms with Crippen LogP contribution >= 0.6 is 0 Å². The number of aromatic nitrogens is 1. The summed E-state index contributed by atoms with van der Waals surface area (Å²) in [5.74, 6) is -0.645. The second-order valence-electron chi connectivity index (χ2n) is 7.02. The highest BCUT2D eigenvalue weighted by atomic mass is 16.5. The molecule has 2 aliphatic rings. The molecule has 2 heterocycles. The van der Waals surface area contributed by atoms with Crippen LogP contribution in [-0.4, -0.2) is 42.8 Å². The molecule has 1 aromatic carbocycles. The lowest BCUT2D eigenvalue weighted by atomic mass is 9.81. The molecule has 2 aromatic rings. The van der Waals surface area contributed by atoms with Gasteiger partial charge in [0.05, 0.1) is 26.1 Å². The number of aryl methyl sites for hydroxylation is 1. The molecule has 1 aromatic heterocycles. The van der Waals surface area contributed by atoms with E-state index in [4.69, 9.17) is 9.47 Å².